The molecule has 6 heteroatoms. The molecule has 0 aliphatic carbocycles. The van der Waals surface area contributed by atoms with Gasteiger partial charge in [0.2, 0.25) is 11.9 Å². The summed E-state index contributed by atoms with van der Waals surface area (Å²) in [6, 6.07) is 9.72. The third kappa shape index (κ3) is 4.76. The van der Waals surface area contributed by atoms with Crippen LogP contribution in [0.25, 0.3) is 0 Å². The van der Waals surface area contributed by atoms with Crippen LogP contribution in [-0.4, -0.2) is 36.1 Å². The van der Waals surface area contributed by atoms with Gasteiger partial charge in [-0.05, 0) is 57.4 Å². The fraction of sp³-hybridized carbons (Fsp3) is 0.476. The number of piperidine rings is 1. The van der Waals surface area contributed by atoms with Crippen LogP contribution in [0.2, 0.25) is 0 Å². The van der Waals surface area contributed by atoms with Gasteiger partial charge >= 0.3 is 0 Å². The minimum Gasteiger partial charge on any atom is -0.497 e. The highest BCUT2D eigenvalue weighted by atomic mass is 16.5. The summed E-state index contributed by atoms with van der Waals surface area (Å²) in [6.07, 6.45) is 1.85. The van der Waals surface area contributed by atoms with E-state index in [1.807, 2.05) is 51.1 Å². The highest BCUT2D eigenvalue weighted by Gasteiger charge is 2.28. The lowest BCUT2D eigenvalue weighted by atomic mass is 9.96. The number of nitrogens with zero attached hydrogens (tertiary/aromatic N) is 3. The molecule has 2 unspecified atom stereocenters. The van der Waals surface area contributed by atoms with Gasteiger partial charge in [0, 0.05) is 24.5 Å². The highest BCUT2D eigenvalue weighted by molar-refractivity contribution is 5.80. The zero-order valence-electron chi connectivity index (χ0n) is 16.5. The number of amides is 1. The van der Waals surface area contributed by atoms with Crippen LogP contribution >= 0.6 is 0 Å². The topological polar surface area (TPSA) is 67.3 Å². The number of benzene rings is 1. The van der Waals surface area contributed by atoms with Crippen molar-refractivity contribution in [2.45, 2.75) is 39.7 Å². The van der Waals surface area contributed by atoms with Crippen molar-refractivity contribution < 1.29 is 9.53 Å². The van der Waals surface area contributed by atoms with Gasteiger partial charge in [-0.15, -0.1) is 0 Å². The first kappa shape index (κ1) is 19.1. The molecule has 0 bridgehead atoms. The summed E-state index contributed by atoms with van der Waals surface area (Å²) in [5.74, 6) is 1.58. The zero-order chi connectivity index (χ0) is 19.4. The van der Waals surface area contributed by atoms with E-state index in [4.69, 9.17) is 4.74 Å². The number of nitrogens with one attached hydrogen (secondary N) is 1. The first-order chi connectivity index (χ1) is 13.0. The SMILES string of the molecule is COc1ccc(C(C)NC(=O)C2CCCN(c3nc(C)cc(C)n3)C2)cc1. The molecule has 1 N–H and O–H groups in total. The van der Waals surface area contributed by atoms with Gasteiger partial charge in [0.1, 0.15) is 5.75 Å². The Balaban J connectivity index is 1.63. The van der Waals surface area contributed by atoms with Gasteiger partial charge in [-0.25, -0.2) is 9.97 Å². The molecule has 1 fully saturated rings. The van der Waals surface area contributed by atoms with Gasteiger partial charge in [-0.2, -0.15) is 0 Å². The lowest BCUT2D eigenvalue weighted by Crippen LogP contribution is -2.44. The molecule has 0 spiro atoms. The molecule has 144 valence electrons. The van der Waals surface area contributed by atoms with Crippen LogP contribution in [0, 0.1) is 19.8 Å². The van der Waals surface area contributed by atoms with Crippen LogP contribution in [0.1, 0.15) is 42.8 Å². The Morgan fingerprint density at radius 1 is 1.22 bits per heavy atom. The molecule has 1 aliphatic heterocycles. The Hall–Kier alpha value is -2.63. The molecule has 0 radical (unpaired) electrons. The molecule has 2 atom stereocenters. The van der Waals surface area contributed by atoms with E-state index < -0.39 is 0 Å². The molecular formula is C21H28N4O2. The minimum atomic E-state index is -0.0520. The number of anilines is 1. The summed E-state index contributed by atoms with van der Waals surface area (Å²) < 4.78 is 5.19. The van der Waals surface area contributed by atoms with Crippen LogP contribution in [0.5, 0.6) is 5.75 Å². The number of carbonyl (C=O) groups is 1. The molecule has 0 saturated carbocycles. The number of ether oxygens (including phenoxy) is 1. The second-order valence-electron chi connectivity index (χ2n) is 7.24. The number of rotatable bonds is 5. The first-order valence-corrected chi connectivity index (χ1v) is 9.48. The predicted octanol–water partition coefficient (Wildman–Crippen LogP) is 3.20. The number of hydrogen-bond donors (Lipinski definition) is 1. The van der Waals surface area contributed by atoms with E-state index in [1.54, 1.807) is 7.11 Å². The Bertz CT molecular complexity index is 771. The molecule has 6 nitrogen and oxygen atoms in total. The van der Waals surface area contributed by atoms with E-state index in [2.05, 4.69) is 20.2 Å². The maximum Gasteiger partial charge on any atom is 0.225 e. The summed E-state index contributed by atoms with van der Waals surface area (Å²) in [5.41, 5.74) is 2.98. The van der Waals surface area contributed by atoms with Crippen molar-refractivity contribution >= 4 is 11.9 Å². The second-order valence-corrected chi connectivity index (χ2v) is 7.24. The monoisotopic (exact) mass is 368 g/mol. The summed E-state index contributed by atoms with van der Waals surface area (Å²) in [4.78, 5) is 24.0. The number of methoxy groups -OCH3 is 1. The standard InChI is InChI=1S/C21H28N4O2/c1-14-12-15(2)23-21(22-14)25-11-5-6-18(13-25)20(26)24-16(3)17-7-9-19(27-4)10-8-17/h7-10,12,16,18H,5-6,11,13H2,1-4H3,(H,24,26). The zero-order valence-corrected chi connectivity index (χ0v) is 16.5. The average Bonchev–Trinajstić information content (AvgIpc) is 2.67. The van der Waals surface area contributed by atoms with Crippen molar-refractivity contribution in [3.63, 3.8) is 0 Å². The molecular weight excluding hydrogens is 340 g/mol. The Morgan fingerprint density at radius 3 is 2.52 bits per heavy atom. The molecule has 1 aliphatic rings. The number of aromatic nitrogens is 2. The molecule has 1 aromatic heterocycles. The molecule has 2 aromatic rings. The Labute approximate surface area is 161 Å². The Morgan fingerprint density at radius 2 is 1.89 bits per heavy atom. The minimum absolute atomic E-state index is 0.0451. The largest absolute Gasteiger partial charge is 0.497 e. The van der Waals surface area contributed by atoms with E-state index in [-0.39, 0.29) is 17.9 Å². The predicted molar refractivity (Wildman–Crippen MR) is 106 cm³/mol. The van der Waals surface area contributed by atoms with Crippen molar-refractivity contribution in [2.75, 3.05) is 25.1 Å². The summed E-state index contributed by atoms with van der Waals surface area (Å²) in [7, 11) is 1.65. The number of aryl methyl sites for hydroxylation is 2. The summed E-state index contributed by atoms with van der Waals surface area (Å²) in [6.45, 7) is 7.50. The third-order valence-electron chi connectivity index (χ3n) is 5.02. The van der Waals surface area contributed by atoms with Crippen LogP contribution in [0.4, 0.5) is 5.95 Å². The molecule has 2 heterocycles. The van der Waals surface area contributed by atoms with Crippen molar-refractivity contribution in [3.05, 3.63) is 47.3 Å². The van der Waals surface area contributed by atoms with E-state index in [9.17, 15) is 4.79 Å². The quantitative estimate of drug-likeness (QED) is 0.878. The number of hydrogen-bond acceptors (Lipinski definition) is 5. The van der Waals surface area contributed by atoms with Crippen molar-refractivity contribution in [1.29, 1.82) is 0 Å². The molecule has 3 rings (SSSR count). The van der Waals surface area contributed by atoms with Gasteiger partial charge in [0.15, 0.2) is 0 Å². The molecule has 1 amide bonds. The first-order valence-electron chi connectivity index (χ1n) is 9.48. The van der Waals surface area contributed by atoms with Crippen molar-refractivity contribution in [3.8, 4) is 5.75 Å². The van der Waals surface area contributed by atoms with E-state index in [0.717, 1.165) is 48.0 Å². The lowest BCUT2D eigenvalue weighted by Gasteiger charge is -2.33. The van der Waals surface area contributed by atoms with E-state index in [1.165, 1.54) is 0 Å². The molecule has 27 heavy (non-hydrogen) atoms. The van der Waals surface area contributed by atoms with E-state index in [0.29, 0.717) is 6.54 Å². The van der Waals surface area contributed by atoms with Crippen LogP contribution < -0.4 is 15.0 Å². The van der Waals surface area contributed by atoms with Crippen LogP contribution in [-0.2, 0) is 4.79 Å². The smallest absolute Gasteiger partial charge is 0.225 e. The van der Waals surface area contributed by atoms with Crippen molar-refractivity contribution in [1.82, 2.24) is 15.3 Å². The third-order valence-corrected chi connectivity index (χ3v) is 5.02. The number of carbonyl (C=O) groups excluding carboxylic acids is 1. The van der Waals surface area contributed by atoms with Gasteiger partial charge in [0.05, 0.1) is 19.1 Å². The molecule has 1 aromatic carbocycles. The Kier molecular flexibility index (Phi) is 5.94. The molecule has 1 saturated heterocycles. The van der Waals surface area contributed by atoms with Crippen LogP contribution in [0.15, 0.2) is 30.3 Å². The van der Waals surface area contributed by atoms with Gasteiger partial charge in [-0.1, -0.05) is 12.1 Å². The van der Waals surface area contributed by atoms with Gasteiger partial charge in [0.25, 0.3) is 0 Å². The second kappa shape index (κ2) is 8.37. The van der Waals surface area contributed by atoms with Crippen LogP contribution in [0.3, 0.4) is 0 Å². The lowest BCUT2D eigenvalue weighted by molar-refractivity contribution is -0.125. The van der Waals surface area contributed by atoms with Gasteiger partial charge < -0.3 is 15.0 Å². The summed E-state index contributed by atoms with van der Waals surface area (Å²) in [5, 5.41) is 3.15. The van der Waals surface area contributed by atoms with Crippen molar-refractivity contribution in [2.24, 2.45) is 5.92 Å². The average molecular weight is 368 g/mol. The maximum absolute atomic E-state index is 12.8. The van der Waals surface area contributed by atoms with E-state index >= 15 is 0 Å². The normalized spacial score (nSPS) is 18.1. The van der Waals surface area contributed by atoms with Gasteiger partial charge in [-0.3, -0.25) is 4.79 Å². The fourth-order valence-electron chi connectivity index (χ4n) is 3.53. The summed E-state index contributed by atoms with van der Waals surface area (Å²) >= 11 is 0. The highest BCUT2D eigenvalue weighted by Crippen LogP contribution is 2.23. The maximum atomic E-state index is 12.8. The fourth-order valence-corrected chi connectivity index (χ4v) is 3.53.